The highest BCUT2D eigenvalue weighted by atomic mass is 35.5. The third-order valence-corrected chi connectivity index (χ3v) is 5.16. The molecule has 19 heavy (non-hydrogen) atoms. The molecule has 0 saturated carbocycles. The molecule has 2 fully saturated rings. The van der Waals surface area contributed by atoms with E-state index in [0.29, 0.717) is 5.92 Å². The number of halogens is 1. The van der Waals surface area contributed by atoms with Crippen LogP contribution in [-0.4, -0.2) is 49.8 Å². The molecule has 0 aromatic rings. The van der Waals surface area contributed by atoms with Gasteiger partial charge in [-0.2, -0.15) is 11.8 Å². The van der Waals surface area contributed by atoms with Gasteiger partial charge in [0, 0.05) is 13.7 Å². The smallest absolute Gasteiger partial charge is 0.252 e. The summed E-state index contributed by atoms with van der Waals surface area (Å²) in [6.07, 6.45) is 4.00. The summed E-state index contributed by atoms with van der Waals surface area (Å²) in [4.78, 5) is 12.3. The molecule has 0 atom stereocenters. The van der Waals surface area contributed by atoms with Crippen molar-refractivity contribution in [2.45, 2.75) is 31.3 Å². The van der Waals surface area contributed by atoms with Gasteiger partial charge in [-0.1, -0.05) is 0 Å². The first-order chi connectivity index (χ1) is 8.77. The molecule has 0 aromatic carbocycles. The average Bonchev–Trinajstić information content (AvgIpc) is 2.46. The summed E-state index contributed by atoms with van der Waals surface area (Å²) in [5.41, 5.74) is -0.589. The van der Waals surface area contributed by atoms with E-state index in [-0.39, 0.29) is 18.3 Å². The van der Waals surface area contributed by atoms with Crippen molar-refractivity contribution >= 4 is 30.1 Å². The van der Waals surface area contributed by atoms with Gasteiger partial charge in [-0.15, -0.1) is 12.4 Å². The maximum atomic E-state index is 12.3. The van der Waals surface area contributed by atoms with Crippen LogP contribution in [-0.2, 0) is 9.53 Å². The highest BCUT2D eigenvalue weighted by Gasteiger charge is 2.39. The van der Waals surface area contributed by atoms with Gasteiger partial charge in [0.05, 0.1) is 0 Å². The van der Waals surface area contributed by atoms with Gasteiger partial charge in [0.1, 0.15) is 5.60 Å². The molecule has 0 bridgehead atoms. The van der Waals surface area contributed by atoms with Crippen LogP contribution in [0.15, 0.2) is 0 Å². The lowest BCUT2D eigenvalue weighted by molar-refractivity contribution is -0.146. The molecule has 2 rings (SSSR count). The highest BCUT2D eigenvalue weighted by Crippen LogP contribution is 2.24. The topological polar surface area (TPSA) is 50.4 Å². The largest absolute Gasteiger partial charge is 0.368 e. The van der Waals surface area contributed by atoms with E-state index in [1.165, 1.54) is 24.3 Å². The third kappa shape index (κ3) is 4.52. The summed E-state index contributed by atoms with van der Waals surface area (Å²) in [5.74, 6) is 3.22. The van der Waals surface area contributed by atoms with Crippen molar-refractivity contribution in [3.8, 4) is 0 Å². The van der Waals surface area contributed by atoms with Crippen molar-refractivity contribution in [2.24, 2.45) is 5.92 Å². The lowest BCUT2D eigenvalue weighted by atomic mass is 9.90. The minimum Gasteiger partial charge on any atom is -0.368 e. The second-order valence-electron chi connectivity index (χ2n) is 5.21. The molecule has 2 saturated heterocycles. The van der Waals surface area contributed by atoms with Crippen LogP contribution in [0.25, 0.3) is 0 Å². The minimum atomic E-state index is -0.589. The predicted octanol–water partition coefficient (Wildman–Crippen LogP) is 1.44. The molecule has 112 valence electrons. The third-order valence-electron chi connectivity index (χ3n) is 4.11. The van der Waals surface area contributed by atoms with Gasteiger partial charge in [-0.05, 0) is 56.2 Å². The van der Waals surface area contributed by atoms with E-state index in [2.05, 4.69) is 10.6 Å². The predicted molar refractivity (Wildman–Crippen MR) is 82.2 cm³/mol. The van der Waals surface area contributed by atoms with Crippen LogP contribution in [0.3, 0.4) is 0 Å². The molecular weight excluding hydrogens is 284 g/mol. The Balaban J connectivity index is 0.00000180. The fraction of sp³-hybridized carbons (Fsp3) is 0.923. The quantitative estimate of drug-likeness (QED) is 0.825. The number of piperidine rings is 1. The van der Waals surface area contributed by atoms with E-state index < -0.39 is 5.60 Å². The van der Waals surface area contributed by atoms with Crippen LogP contribution in [0.4, 0.5) is 0 Å². The molecule has 4 nitrogen and oxygen atoms in total. The van der Waals surface area contributed by atoms with Gasteiger partial charge in [0.2, 0.25) is 0 Å². The number of methoxy groups -OCH3 is 1. The molecule has 0 unspecified atom stereocenters. The van der Waals surface area contributed by atoms with Crippen molar-refractivity contribution in [2.75, 3.05) is 38.2 Å². The number of ether oxygens (including phenoxy) is 1. The Morgan fingerprint density at radius 1 is 1.37 bits per heavy atom. The maximum Gasteiger partial charge on any atom is 0.252 e. The minimum absolute atomic E-state index is 0. The lowest BCUT2D eigenvalue weighted by Gasteiger charge is -2.35. The van der Waals surface area contributed by atoms with Gasteiger partial charge in [-0.3, -0.25) is 4.79 Å². The van der Waals surface area contributed by atoms with E-state index >= 15 is 0 Å². The normalized spacial score (nSPS) is 23.4. The lowest BCUT2D eigenvalue weighted by Crippen LogP contribution is -2.54. The Kier molecular flexibility index (Phi) is 7.50. The molecule has 0 spiro atoms. The number of carbonyl (C=O) groups excluding carboxylic acids is 1. The van der Waals surface area contributed by atoms with E-state index in [1.54, 1.807) is 7.11 Å². The first-order valence-electron chi connectivity index (χ1n) is 6.89. The Labute approximate surface area is 126 Å². The molecule has 0 aromatic heterocycles. The highest BCUT2D eigenvalue weighted by molar-refractivity contribution is 7.99. The fourth-order valence-corrected chi connectivity index (χ4v) is 3.91. The van der Waals surface area contributed by atoms with E-state index in [0.717, 1.165) is 32.5 Å². The van der Waals surface area contributed by atoms with Crippen LogP contribution >= 0.6 is 24.2 Å². The summed E-state index contributed by atoms with van der Waals surface area (Å²) in [6, 6.07) is 0. The molecule has 0 aliphatic carbocycles. The van der Waals surface area contributed by atoms with Crippen molar-refractivity contribution in [1.82, 2.24) is 10.6 Å². The van der Waals surface area contributed by atoms with Crippen LogP contribution < -0.4 is 10.6 Å². The molecule has 2 heterocycles. The SMILES string of the molecule is COC1(C(=O)NCC2CCSCC2)CCNCC1.Cl. The van der Waals surface area contributed by atoms with Gasteiger partial charge in [0.25, 0.3) is 5.91 Å². The number of thioether (sulfide) groups is 1. The Bertz CT molecular complexity index is 280. The van der Waals surface area contributed by atoms with Crippen LogP contribution in [0.5, 0.6) is 0 Å². The first-order valence-corrected chi connectivity index (χ1v) is 8.04. The monoisotopic (exact) mass is 308 g/mol. The number of nitrogens with one attached hydrogen (secondary N) is 2. The molecule has 2 aliphatic heterocycles. The van der Waals surface area contributed by atoms with Gasteiger partial charge < -0.3 is 15.4 Å². The average molecular weight is 309 g/mol. The van der Waals surface area contributed by atoms with E-state index in [1.807, 2.05) is 11.8 Å². The van der Waals surface area contributed by atoms with Gasteiger partial charge >= 0.3 is 0 Å². The molecule has 2 N–H and O–H groups in total. The standard InChI is InChI=1S/C13H24N2O2S.ClH/c1-17-13(4-6-14-7-5-13)12(16)15-10-11-2-8-18-9-3-11;/h11,14H,2-10H2,1H3,(H,15,16);1H. The Morgan fingerprint density at radius 3 is 2.58 bits per heavy atom. The van der Waals surface area contributed by atoms with Crippen LogP contribution in [0.2, 0.25) is 0 Å². The number of amides is 1. The summed E-state index contributed by atoms with van der Waals surface area (Å²) < 4.78 is 5.52. The number of hydrogen-bond donors (Lipinski definition) is 2. The zero-order chi connectivity index (χ0) is 12.8. The molecule has 0 radical (unpaired) electrons. The van der Waals surface area contributed by atoms with E-state index in [4.69, 9.17) is 4.74 Å². The zero-order valence-electron chi connectivity index (χ0n) is 11.6. The van der Waals surface area contributed by atoms with Gasteiger partial charge in [-0.25, -0.2) is 0 Å². The number of hydrogen-bond acceptors (Lipinski definition) is 4. The number of carbonyl (C=O) groups is 1. The zero-order valence-corrected chi connectivity index (χ0v) is 13.2. The summed E-state index contributed by atoms with van der Waals surface area (Å²) >= 11 is 2.02. The van der Waals surface area contributed by atoms with Crippen LogP contribution in [0, 0.1) is 5.92 Å². The van der Waals surface area contributed by atoms with Crippen molar-refractivity contribution in [3.63, 3.8) is 0 Å². The molecule has 6 heteroatoms. The molecular formula is C13H25ClN2O2S. The summed E-state index contributed by atoms with van der Waals surface area (Å²) in [5, 5.41) is 6.38. The fourth-order valence-electron chi connectivity index (χ4n) is 2.70. The Hall–Kier alpha value is 0.0300. The van der Waals surface area contributed by atoms with Crippen LogP contribution in [0.1, 0.15) is 25.7 Å². The summed E-state index contributed by atoms with van der Waals surface area (Å²) in [6.45, 7) is 2.54. The van der Waals surface area contributed by atoms with Crippen molar-refractivity contribution < 1.29 is 9.53 Å². The van der Waals surface area contributed by atoms with Crippen molar-refractivity contribution in [1.29, 1.82) is 0 Å². The first kappa shape index (κ1) is 17.1. The van der Waals surface area contributed by atoms with Crippen molar-refractivity contribution in [3.05, 3.63) is 0 Å². The number of rotatable bonds is 4. The second kappa shape index (κ2) is 8.35. The van der Waals surface area contributed by atoms with Gasteiger partial charge in [0.15, 0.2) is 0 Å². The maximum absolute atomic E-state index is 12.3. The molecule has 2 aliphatic rings. The summed E-state index contributed by atoms with van der Waals surface area (Å²) in [7, 11) is 1.65. The van der Waals surface area contributed by atoms with E-state index in [9.17, 15) is 4.79 Å². The Morgan fingerprint density at radius 2 is 2.00 bits per heavy atom. The molecule has 1 amide bonds. The second-order valence-corrected chi connectivity index (χ2v) is 6.44.